The molecule has 84 valence electrons. The van der Waals surface area contributed by atoms with E-state index in [0.29, 0.717) is 13.1 Å². The Morgan fingerprint density at radius 1 is 1.00 bits per heavy atom. The molecule has 0 aromatic carbocycles. The Morgan fingerprint density at radius 2 is 1.50 bits per heavy atom. The maximum Gasteiger partial charge on any atom is 0.216 e. The fourth-order valence-electron chi connectivity index (χ4n) is 1.74. The van der Waals surface area contributed by atoms with Gasteiger partial charge in [0.2, 0.25) is 10.0 Å². The second-order valence-electron chi connectivity index (χ2n) is 3.71. The summed E-state index contributed by atoms with van der Waals surface area (Å²) >= 11 is 0. The van der Waals surface area contributed by atoms with Gasteiger partial charge >= 0.3 is 0 Å². The van der Waals surface area contributed by atoms with Gasteiger partial charge in [-0.1, -0.05) is 19.3 Å². The molecule has 1 fully saturated rings. The van der Waals surface area contributed by atoms with Crippen LogP contribution >= 0.6 is 0 Å². The molecule has 0 aromatic heterocycles. The molecule has 5 heteroatoms. The lowest BCUT2D eigenvalue weighted by Crippen LogP contribution is -2.36. The van der Waals surface area contributed by atoms with E-state index in [4.69, 9.17) is 5.11 Å². The number of hydrogen-bond donors (Lipinski definition) is 1. The molecule has 1 aliphatic heterocycles. The maximum atomic E-state index is 11.6. The second kappa shape index (κ2) is 5.68. The molecule has 0 unspecified atom stereocenters. The normalized spacial score (nSPS) is 21.5. The first kappa shape index (κ1) is 11.9. The zero-order chi connectivity index (χ0) is 10.4. The summed E-state index contributed by atoms with van der Waals surface area (Å²) < 4.78 is 24.8. The average Bonchev–Trinajstić information content (AvgIpc) is 2.01. The number of hydrogen-bond acceptors (Lipinski definition) is 3. The van der Waals surface area contributed by atoms with Crippen LogP contribution < -0.4 is 0 Å². The Balaban J connectivity index is 2.54. The highest BCUT2D eigenvalue weighted by Gasteiger charge is 2.21. The SMILES string of the molecule is O=S(=O)(CCO)N1CCCCCCC1. The van der Waals surface area contributed by atoms with Gasteiger partial charge < -0.3 is 5.11 Å². The molecular formula is C9H19NO3S. The van der Waals surface area contributed by atoms with Crippen molar-refractivity contribution in [3.63, 3.8) is 0 Å². The standard InChI is InChI=1S/C9H19NO3S/c11-8-9-14(12,13)10-6-4-2-1-3-5-7-10/h11H,1-9H2. The molecule has 0 bridgehead atoms. The molecule has 1 heterocycles. The van der Waals surface area contributed by atoms with Crippen molar-refractivity contribution in [2.24, 2.45) is 0 Å². The number of nitrogens with zero attached hydrogens (tertiary/aromatic N) is 1. The van der Waals surface area contributed by atoms with Gasteiger partial charge in [0.1, 0.15) is 0 Å². The quantitative estimate of drug-likeness (QED) is 0.758. The molecule has 0 spiro atoms. The Labute approximate surface area is 86.0 Å². The van der Waals surface area contributed by atoms with Gasteiger partial charge in [-0.25, -0.2) is 12.7 Å². The van der Waals surface area contributed by atoms with Gasteiger partial charge in [-0.3, -0.25) is 0 Å². The summed E-state index contributed by atoms with van der Waals surface area (Å²) in [6.07, 6.45) is 5.35. The van der Waals surface area contributed by atoms with Crippen LogP contribution in [0.3, 0.4) is 0 Å². The third-order valence-electron chi connectivity index (χ3n) is 2.56. The zero-order valence-corrected chi connectivity index (χ0v) is 9.30. The minimum absolute atomic E-state index is 0.132. The lowest BCUT2D eigenvalue weighted by molar-refractivity contribution is 0.310. The molecule has 1 N–H and O–H groups in total. The zero-order valence-electron chi connectivity index (χ0n) is 8.48. The molecule has 14 heavy (non-hydrogen) atoms. The predicted molar refractivity (Wildman–Crippen MR) is 55.5 cm³/mol. The van der Waals surface area contributed by atoms with Crippen LogP contribution in [0.15, 0.2) is 0 Å². The van der Waals surface area contributed by atoms with E-state index in [1.807, 2.05) is 0 Å². The van der Waals surface area contributed by atoms with E-state index in [-0.39, 0.29) is 12.4 Å². The first-order chi connectivity index (χ1) is 6.67. The smallest absolute Gasteiger partial charge is 0.216 e. The van der Waals surface area contributed by atoms with Crippen LogP contribution in [0.4, 0.5) is 0 Å². The van der Waals surface area contributed by atoms with Gasteiger partial charge in [-0.05, 0) is 12.8 Å². The highest BCUT2D eigenvalue weighted by molar-refractivity contribution is 7.89. The molecule has 0 aliphatic carbocycles. The van der Waals surface area contributed by atoms with E-state index in [1.54, 1.807) is 0 Å². The van der Waals surface area contributed by atoms with Gasteiger partial charge in [0.05, 0.1) is 12.4 Å². The minimum Gasteiger partial charge on any atom is -0.395 e. The first-order valence-electron chi connectivity index (χ1n) is 5.25. The third-order valence-corrected chi connectivity index (χ3v) is 4.41. The number of rotatable bonds is 3. The highest BCUT2D eigenvalue weighted by Crippen LogP contribution is 2.13. The van der Waals surface area contributed by atoms with Crippen LogP contribution in [0, 0.1) is 0 Å². The summed E-state index contributed by atoms with van der Waals surface area (Å²) in [4.78, 5) is 0. The van der Waals surface area contributed by atoms with Gasteiger partial charge in [0.25, 0.3) is 0 Å². The molecular weight excluding hydrogens is 202 g/mol. The van der Waals surface area contributed by atoms with Crippen molar-refractivity contribution in [1.82, 2.24) is 4.31 Å². The van der Waals surface area contributed by atoms with Crippen molar-refractivity contribution in [2.75, 3.05) is 25.4 Å². The van der Waals surface area contributed by atoms with Crippen LogP contribution in [0.5, 0.6) is 0 Å². The maximum absolute atomic E-state index is 11.6. The van der Waals surface area contributed by atoms with E-state index in [0.717, 1.165) is 25.7 Å². The Morgan fingerprint density at radius 3 is 2.00 bits per heavy atom. The summed E-state index contributed by atoms with van der Waals surface area (Å²) in [5.41, 5.74) is 0. The Hall–Kier alpha value is -0.130. The Bertz CT molecular complexity index is 243. The molecule has 4 nitrogen and oxygen atoms in total. The number of aliphatic hydroxyl groups is 1. The van der Waals surface area contributed by atoms with Crippen molar-refractivity contribution < 1.29 is 13.5 Å². The van der Waals surface area contributed by atoms with Crippen molar-refractivity contribution in [1.29, 1.82) is 0 Å². The summed E-state index contributed by atoms with van der Waals surface area (Å²) in [6.45, 7) is 0.976. The molecule has 0 saturated carbocycles. The predicted octanol–water partition coefficient (Wildman–Crippen LogP) is 0.575. The van der Waals surface area contributed by atoms with Crippen molar-refractivity contribution >= 4 is 10.0 Å². The van der Waals surface area contributed by atoms with Crippen molar-refractivity contribution in [3.05, 3.63) is 0 Å². The summed E-state index contributed by atoms with van der Waals surface area (Å²) in [7, 11) is -3.19. The van der Waals surface area contributed by atoms with Crippen molar-refractivity contribution in [2.45, 2.75) is 32.1 Å². The molecule has 1 saturated heterocycles. The molecule has 0 amide bonds. The van der Waals surface area contributed by atoms with Crippen LogP contribution in [-0.4, -0.2) is 43.3 Å². The van der Waals surface area contributed by atoms with Crippen LogP contribution in [0.1, 0.15) is 32.1 Å². The second-order valence-corrected chi connectivity index (χ2v) is 5.79. The fraction of sp³-hybridized carbons (Fsp3) is 1.00. The van der Waals surface area contributed by atoms with E-state index in [1.165, 1.54) is 10.7 Å². The monoisotopic (exact) mass is 221 g/mol. The summed E-state index contributed by atoms with van der Waals surface area (Å²) in [5.74, 6) is -0.132. The van der Waals surface area contributed by atoms with Crippen LogP contribution in [0.2, 0.25) is 0 Å². The topological polar surface area (TPSA) is 57.6 Å². The molecule has 1 rings (SSSR count). The average molecular weight is 221 g/mol. The number of sulfonamides is 1. The van der Waals surface area contributed by atoms with Crippen molar-refractivity contribution in [3.8, 4) is 0 Å². The van der Waals surface area contributed by atoms with Crippen LogP contribution in [-0.2, 0) is 10.0 Å². The lowest BCUT2D eigenvalue weighted by atomic mass is 10.1. The van der Waals surface area contributed by atoms with Crippen LogP contribution in [0.25, 0.3) is 0 Å². The van der Waals surface area contributed by atoms with E-state index >= 15 is 0 Å². The molecule has 0 aromatic rings. The fourth-order valence-corrected chi connectivity index (χ4v) is 3.04. The van der Waals surface area contributed by atoms with Gasteiger partial charge in [0, 0.05) is 13.1 Å². The van der Waals surface area contributed by atoms with E-state index < -0.39 is 10.0 Å². The molecule has 1 aliphatic rings. The summed E-state index contributed by atoms with van der Waals surface area (Å²) in [5, 5.41) is 8.65. The van der Waals surface area contributed by atoms with Gasteiger partial charge in [0.15, 0.2) is 0 Å². The lowest BCUT2D eigenvalue weighted by Gasteiger charge is -2.23. The number of aliphatic hydroxyl groups excluding tert-OH is 1. The minimum atomic E-state index is -3.19. The highest BCUT2D eigenvalue weighted by atomic mass is 32.2. The van der Waals surface area contributed by atoms with E-state index in [2.05, 4.69) is 0 Å². The first-order valence-corrected chi connectivity index (χ1v) is 6.86. The summed E-state index contributed by atoms with van der Waals surface area (Å²) in [6, 6.07) is 0. The largest absolute Gasteiger partial charge is 0.395 e. The third kappa shape index (κ3) is 3.55. The Kier molecular flexibility index (Phi) is 4.84. The van der Waals surface area contributed by atoms with Gasteiger partial charge in [-0.2, -0.15) is 0 Å². The van der Waals surface area contributed by atoms with Gasteiger partial charge in [-0.15, -0.1) is 0 Å². The molecule has 0 atom stereocenters. The molecule has 0 radical (unpaired) electrons. The van der Waals surface area contributed by atoms with E-state index in [9.17, 15) is 8.42 Å².